The normalized spacial score (nSPS) is 20.1. The van der Waals surface area contributed by atoms with Gasteiger partial charge < -0.3 is 15.2 Å². The second kappa shape index (κ2) is 5.85. The molecule has 0 saturated heterocycles. The predicted molar refractivity (Wildman–Crippen MR) is 90.2 cm³/mol. The Hall–Kier alpha value is -2.08. The highest BCUT2D eigenvalue weighted by Crippen LogP contribution is 2.40. The molecule has 23 heavy (non-hydrogen) atoms. The van der Waals surface area contributed by atoms with Crippen molar-refractivity contribution in [1.82, 2.24) is 0 Å². The standard InChI is InChI=1S/C17H16BrFN2O2/c1-10-7-11(4-6-15(10)22-2)17(9-23-16(20)21-17)12-3-5-14(19)13(18)8-12/h3-8H,9H2,1-2H3,(H2,20,21)/t17-/m1/s1. The lowest BCUT2D eigenvalue weighted by molar-refractivity contribution is 0.278. The molecule has 120 valence electrons. The Morgan fingerprint density at radius 3 is 2.52 bits per heavy atom. The van der Waals surface area contributed by atoms with Crippen LogP contribution in [0, 0.1) is 12.7 Å². The number of ether oxygens (including phenoxy) is 2. The van der Waals surface area contributed by atoms with Crippen molar-refractivity contribution >= 4 is 22.0 Å². The van der Waals surface area contributed by atoms with Gasteiger partial charge in [-0.05, 0) is 63.8 Å². The maximum atomic E-state index is 13.6. The summed E-state index contributed by atoms with van der Waals surface area (Å²) in [7, 11) is 1.63. The van der Waals surface area contributed by atoms with E-state index in [0.717, 1.165) is 22.4 Å². The van der Waals surface area contributed by atoms with Crippen LogP contribution in [0.3, 0.4) is 0 Å². The maximum absolute atomic E-state index is 13.6. The third-order valence-corrected chi connectivity index (χ3v) is 4.61. The second-order valence-corrected chi connectivity index (χ2v) is 6.27. The van der Waals surface area contributed by atoms with E-state index in [2.05, 4.69) is 20.9 Å². The molecular weight excluding hydrogens is 363 g/mol. The van der Waals surface area contributed by atoms with Gasteiger partial charge in [-0.15, -0.1) is 0 Å². The minimum Gasteiger partial charge on any atom is -0.496 e. The highest BCUT2D eigenvalue weighted by molar-refractivity contribution is 9.10. The first-order valence-electron chi connectivity index (χ1n) is 7.05. The summed E-state index contributed by atoms with van der Waals surface area (Å²) in [5.41, 5.74) is 7.66. The highest BCUT2D eigenvalue weighted by atomic mass is 79.9. The van der Waals surface area contributed by atoms with Crippen LogP contribution < -0.4 is 10.5 Å². The molecule has 1 heterocycles. The molecule has 0 saturated carbocycles. The van der Waals surface area contributed by atoms with Crippen LogP contribution in [0.15, 0.2) is 45.9 Å². The van der Waals surface area contributed by atoms with E-state index in [1.807, 2.05) is 25.1 Å². The van der Waals surface area contributed by atoms with Crippen LogP contribution in [-0.2, 0) is 10.3 Å². The highest BCUT2D eigenvalue weighted by Gasteiger charge is 2.40. The zero-order chi connectivity index (χ0) is 16.6. The van der Waals surface area contributed by atoms with Gasteiger partial charge in [0.1, 0.15) is 18.2 Å². The van der Waals surface area contributed by atoms with E-state index in [4.69, 9.17) is 15.2 Å². The topological polar surface area (TPSA) is 56.8 Å². The summed E-state index contributed by atoms with van der Waals surface area (Å²) in [5.74, 6) is 0.464. The number of hydrogen-bond donors (Lipinski definition) is 1. The Labute approximate surface area is 142 Å². The number of halogens is 2. The number of nitrogens with zero attached hydrogens (tertiary/aromatic N) is 1. The lowest BCUT2D eigenvalue weighted by atomic mass is 9.83. The molecule has 3 rings (SSSR count). The van der Waals surface area contributed by atoms with Crippen molar-refractivity contribution in [3.05, 3.63) is 63.4 Å². The molecule has 0 radical (unpaired) electrons. The molecule has 0 fully saturated rings. The summed E-state index contributed by atoms with van der Waals surface area (Å²) < 4.78 is 24.7. The van der Waals surface area contributed by atoms with E-state index in [1.54, 1.807) is 19.2 Å². The molecule has 0 aliphatic carbocycles. The van der Waals surface area contributed by atoms with Crippen molar-refractivity contribution in [1.29, 1.82) is 0 Å². The number of benzene rings is 2. The molecule has 0 unspecified atom stereocenters. The molecule has 6 heteroatoms. The second-order valence-electron chi connectivity index (χ2n) is 5.41. The van der Waals surface area contributed by atoms with E-state index < -0.39 is 5.54 Å². The molecule has 1 aliphatic rings. The molecule has 0 bridgehead atoms. The third kappa shape index (κ3) is 2.67. The Morgan fingerprint density at radius 1 is 1.26 bits per heavy atom. The van der Waals surface area contributed by atoms with Gasteiger partial charge in [0.05, 0.1) is 11.6 Å². The summed E-state index contributed by atoms with van der Waals surface area (Å²) in [6, 6.07) is 10.7. The van der Waals surface area contributed by atoms with E-state index in [0.29, 0.717) is 4.47 Å². The third-order valence-electron chi connectivity index (χ3n) is 4.00. The number of nitrogens with two attached hydrogens (primary N) is 1. The number of amidine groups is 1. The van der Waals surface area contributed by atoms with Gasteiger partial charge in [-0.2, -0.15) is 0 Å². The molecule has 2 aromatic rings. The SMILES string of the molecule is COc1ccc([C@@]2(c3ccc(F)c(Br)c3)COC(N)=N2)cc1C. The predicted octanol–water partition coefficient (Wildman–Crippen LogP) is 3.49. The van der Waals surface area contributed by atoms with E-state index >= 15 is 0 Å². The largest absolute Gasteiger partial charge is 0.496 e. The van der Waals surface area contributed by atoms with Crippen molar-refractivity contribution < 1.29 is 13.9 Å². The molecule has 2 aromatic carbocycles. The Morgan fingerprint density at radius 2 is 1.96 bits per heavy atom. The number of rotatable bonds is 3. The van der Waals surface area contributed by atoms with Crippen LogP contribution in [-0.4, -0.2) is 19.7 Å². The fourth-order valence-electron chi connectivity index (χ4n) is 2.78. The summed E-state index contributed by atoms with van der Waals surface area (Å²) in [5, 5.41) is 0. The average Bonchev–Trinajstić information content (AvgIpc) is 2.93. The van der Waals surface area contributed by atoms with Crippen molar-refractivity contribution in [3.63, 3.8) is 0 Å². The molecule has 0 aromatic heterocycles. The average molecular weight is 379 g/mol. The quantitative estimate of drug-likeness (QED) is 0.888. The van der Waals surface area contributed by atoms with Crippen molar-refractivity contribution in [3.8, 4) is 5.75 Å². The van der Waals surface area contributed by atoms with Crippen LogP contribution in [0.5, 0.6) is 5.75 Å². The number of aliphatic imine (C=N–C) groups is 1. The van der Waals surface area contributed by atoms with Crippen LogP contribution in [0.4, 0.5) is 4.39 Å². The van der Waals surface area contributed by atoms with Gasteiger partial charge in [0.15, 0.2) is 5.54 Å². The molecule has 0 spiro atoms. The van der Waals surface area contributed by atoms with Gasteiger partial charge >= 0.3 is 0 Å². The Bertz CT molecular complexity index is 794. The van der Waals surface area contributed by atoms with Gasteiger partial charge in [0.2, 0.25) is 0 Å². The molecular formula is C17H16BrFN2O2. The monoisotopic (exact) mass is 378 g/mol. The van der Waals surface area contributed by atoms with Gasteiger partial charge in [-0.3, -0.25) is 0 Å². The lowest BCUT2D eigenvalue weighted by Gasteiger charge is -2.26. The Kier molecular flexibility index (Phi) is 4.02. The zero-order valence-corrected chi connectivity index (χ0v) is 14.4. The first-order valence-corrected chi connectivity index (χ1v) is 7.84. The summed E-state index contributed by atoms with van der Waals surface area (Å²) >= 11 is 3.23. The molecule has 1 aliphatic heterocycles. The van der Waals surface area contributed by atoms with E-state index in [1.165, 1.54) is 6.07 Å². The maximum Gasteiger partial charge on any atom is 0.283 e. The van der Waals surface area contributed by atoms with Gasteiger partial charge in [0, 0.05) is 0 Å². The lowest BCUT2D eigenvalue weighted by Crippen LogP contribution is -2.27. The minimum absolute atomic E-state index is 0.124. The van der Waals surface area contributed by atoms with Crippen molar-refractivity contribution in [2.24, 2.45) is 10.7 Å². The van der Waals surface area contributed by atoms with Gasteiger partial charge in [-0.1, -0.05) is 12.1 Å². The van der Waals surface area contributed by atoms with E-state index in [-0.39, 0.29) is 18.4 Å². The minimum atomic E-state index is -0.794. The van der Waals surface area contributed by atoms with Crippen LogP contribution in [0.1, 0.15) is 16.7 Å². The summed E-state index contributed by atoms with van der Waals surface area (Å²) in [6.07, 6.45) is 0. The summed E-state index contributed by atoms with van der Waals surface area (Å²) in [6.45, 7) is 2.22. The first-order chi connectivity index (χ1) is 11.0. The van der Waals surface area contributed by atoms with Crippen LogP contribution in [0.25, 0.3) is 0 Å². The molecule has 1 atom stereocenters. The smallest absolute Gasteiger partial charge is 0.283 e. The van der Waals surface area contributed by atoms with E-state index in [9.17, 15) is 4.39 Å². The number of hydrogen-bond acceptors (Lipinski definition) is 4. The van der Waals surface area contributed by atoms with Crippen LogP contribution in [0.2, 0.25) is 0 Å². The molecule has 4 nitrogen and oxygen atoms in total. The number of aryl methyl sites for hydroxylation is 1. The first kappa shape index (κ1) is 15.8. The molecule has 2 N–H and O–H groups in total. The fourth-order valence-corrected chi connectivity index (χ4v) is 3.16. The van der Waals surface area contributed by atoms with Gasteiger partial charge in [-0.25, -0.2) is 9.38 Å². The fraction of sp³-hybridized carbons (Fsp3) is 0.235. The number of methoxy groups -OCH3 is 1. The van der Waals surface area contributed by atoms with Crippen molar-refractivity contribution in [2.75, 3.05) is 13.7 Å². The molecule has 0 amide bonds. The van der Waals surface area contributed by atoms with Crippen LogP contribution >= 0.6 is 15.9 Å². The van der Waals surface area contributed by atoms with Gasteiger partial charge in [0.25, 0.3) is 6.02 Å². The summed E-state index contributed by atoms with van der Waals surface area (Å²) in [4.78, 5) is 4.52. The Balaban J connectivity index is 2.18. The zero-order valence-electron chi connectivity index (χ0n) is 12.8. The van der Waals surface area contributed by atoms with Crippen molar-refractivity contribution in [2.45, 2.75) is 12.5 Å².